The summed E-state index contributed by atoms with van der Waals surface area (Å²) in [5.41, 5.74) is 2.00. The number of hydrogen-bond acceptors (Lipinski definition) is 2. The molecule has 1 saturated heterocycles. The SMILES string of the molecule is CCN(C(=O)c1ccc(C)cc1)C1CCNCC1. The Morgan fingerprint density at radius 3 is 2.44 bits per heavy atom. The van der Waals surface area contributed by atoms with Gasteiger partial charge in [-0.25, -0.2) is 0 Å². The predicted octanol–water partition coefficient (Wildman–Crippen LogP) is 2.21. The minimum absolute atomic E-state index is 0.171. The summed E-state index contributed by atoms with van der Waals surface area (Å²) in [4.78, 5) is 14.5. The van der Waals surface area contributed by atoms with Crippen molar-refractivity contribution in [3.05, 3.63) is 35.4 Å². The van der Waals surface area contributed by atoms with Crippen LogP contribution in [0.2, 0.25) is 0 Å². The van der Waals surface area contributed by atoms with E-state index in [1.807, 2.05) is 36.1 Å². The first-order valence-electron chi connectivity index (χ1n) is 6.80. The molecule has 3 heteroatoms. The first-order valence-corrected chi connectivity index (χ1v) is 6.80. The van der Waals surface area contributed by atoms with Crippen LogP contribution in [-0.4, -0.2) is 36.5 Å². The monoisotopic (exact) mass is 246 g/mol. The molecule has 98 valence electrons. The molecular weight excluding hydrogens is 224 g/mol. The maximum absolute atomic E-state index is 12.5. The van der Waals surface area contributed by atoms with Gasteiger partial charge in [-0.3, -0.25) is 4.79 Å². The van der Waals surface area contributed by atoms with Crippen molar-refractivity contribution in [2.24, 2.45) is 0 Å². The minimum Gasteiger partial charge on any atom is -0.336 e. The molecule has 0 radical (unpaired) electrons. The Bertz CT molecular complexity index is 393. The topological polar surface area (TPSA) is 32.3 Å². The highest BCUT2D eigenvalue weighted by Crippen LogP contribution is 2.15. The summed E-state index contributed by atoms with van der Waals surface area (Å²) in [5.74, 6) is 0.171. The van der Waals surface area contributed by atoms with Gasteiger partial charge in [0.05, 0.1) is 0 Å². The fourth-order valence-electron chi connectivity index (χ4n) is 2.55. The van der Waals surface area contributed by atoms with Crippen LogP contribution in [0.15, 0.2) is 24.3 Å². The van der Waals surface area contributed by atoms with Crippen molar-refractivity contribution in [1.29, 1.82) is 0 Å². The number of carbonyl (C=O) groups excluding carboxylic acids is 1. The molecule has 18 heavy (non-hydrogen) atoms. The van der Waals surface area contributed by atoms with Gasteiger partial charge in [0.1, 0.15) is 0 Å². The van der Waals surface area contributed by atoms with E-state index < -0.39 is 0 Å². The molecule has 1 heterocycles. The van der Waals surface area contributed by atoms with Crippen LogP contribution in [0.1, 0.15) is 35.7 Å². The third-order valence-corrected chi connectivity index (χ3v) is 3.65. The normalized spacial score (nSPS) is 16.6. The third kappa shape index (κ3) is 2.91. The van der Waals surface area contributed by atoms with Gasteiger partial charge in [-0.05, 0) is 51.9 Å². The standard InChI is InChI=1S/C15H22N2O/c1-3-17(14-8-10-16-11-9-14)15(18)13-6-4-12(2)5-7-13/h4-7,14,16H,3,8-11H2,1-2H3. The molecule has 1 N–H and O–H groups in total. The number of nitrogens with zero attached hydrogens (tertiary/aromatic N) is 1. The Kier molecular flexibility index (Phi) is 4.37. The van der Waals surface area contributed by atoms with Crippen LogP contribution in [0.4, 0.5) is 0 Å². The first-order chi connectivity index (χ1) is 8.72. The summed E-state index contributed by atoms with van der Waals surface area (Å²) in [5, 5.41) is 3.34. The Morgan fingerprint density at radius 2 is 1.89 bits per heavy atom. The van der Waals surface area contributed by atoms with E-state index in [4.69, 9.17) is 0 Å². The Labute approximate surface area is 109 Å². The van der Waals surface area contributed by atoms with E-state index in [9.17, 15) is 4.79 Å². The summed E-state index contributed by atoms with van der Waals surface area (Å²) >= 11 is 0. The second kappa shape index (κ2) is 6.01. The van der Waals surface area contributed by atoms with Crippen LogP contribution >= 0.6 is 0 Å². The number of carbonyl (C=O) groups is 1. The largest absolute Gasteiger partial charge is 0.336 e. The van der Waals surface area contributed by atoms with Crippen LogP contribution < -0.4 is 5.32 Å². The molecule has 0 bridgehead atoms. The van der Waals surface area contributed by atoms with Crippen molar-refractivity contribution < 1.29 is 4.79 Å². The lowest BCUT2D eigenvalue weighted by Crippen LogP contribution is -2.46. The van der Waals surface area contributed by atoms with Crippen LogP contribution in [0, 0.1) is 6.92 Å². The molecule has 3 nitrogen and oxygen atoms in total. The zero-order valence-electron chi connectivity index (χ0n) is 11.3. The van der Waals surface area contributed by atoms with E-state index in [2.05, 4.69) is 12.2 Å². The van der Waals surface area contributed by atoms with Crippen molar-refractivity contribution in [2.45, 2.75) is 32.7 Å². The number of amides is 1. The zero-order chi connectivity index (χ0) is 13.0. The third-order valence-electron chi connectivity index (χ3n) is 3.65. The number of aryl methyl sites for hydroxylation is 1. The van der Waals surface area contributed by atoms with Gasteiger partial charge in [0.2, 0.25) is 0 Å². The van der Waals surface area contributed by atoms with E-state index >= 15 is 0 Å². The van der Waals surface area contributed by atoms with Gasteiger partial charge in [0.15, 0.2) is 0 Å². The van der Waals surface area contributed by atoms with E-state index in [1.165, 1.54) is 5.56 Å². The molecule has 0 atom stereocenters. The summed E-state index contributed by atoms with van der Waals surface area (Å²) in [6.45, 7) is 6.93. The van der Waals surface area contributed by atoms with Gasteiger partial charge in [-0.1, -0.05) is 17.7 Å². The molecule has 0 spiro atoms. The average molecular weight is 246 g/mol. The molecule has 2 rings (SSSR count). The van der Waals surface area contributed by atoms with Crippen molar-refractivity contribution >= 4 is 5.91 Å². The molecule has 1 fully saturated rings. The molecule has 1 aromatic carbocycles. The maximum atomic E-state index is 12.5. The first kappa shape index (κ1) is 13.1. The molecule has 1 aromatic rings. The number of rotatable bonds is 3. The van der Waals surface area contributed by atoms with E-state index in [0.29, 0.717) is 6.04 Å². The molecule has 1 aliphatic heterocycles. The van der Waals surface area contributed by atoms with E-state index in [0.717, 1.165) is 38.0 Å². The van der Waals surface area contributed by atoms with Gasteiger partial charge in [-0.15, -0.1) is 0 Å². The second-order valence-corrected chi connectivity index (χ2v) is 4.94. The quantitative estimate of drug-likeness (QED) is 0.887. The predicted molar refractivity (Wildman–Crippen MR) is 73.8 cm³/mol. The summed E-state index contributed by atoms with van der Waals surface area (Å²) < 4.78 is 0. The summed E-state index contributed by atoms with van der Waals surface area (Å²) in [6.07, 6.45) is 2.12. The Hall–Kier alpha value is -1.35. The number of benzene rings is 1. The van der Waals surface area contributed by atoms with E-state index in [-0.39, 0.29) is 5.91 Å². The number of hydrogen-bond donors (Lipinski definition) is 1. The molecule has 1 aliphatic rings. The number of piperidine rings is 1. The molecular formula is C15H22N2O. The summed E-state index contributed by atoms with van der Waals surface area (Å²) in [7, 11) is 0. The lowest BCUT2D eigenvalue weighted by molar-refractivity contribution is 0.0656. The van der Waals surface area contributed by atoms with Gasteiger partial charge in [0.25, 0.3) is 5.91 Å². The van der Waals surface area contributed by atoms with Crippen molar-refractivity contribution in [1.82, 2.24) is 10.2 Å². The highest BCUT2D eigenvalue weighted by Gasteiger charge is 2.24. The average Bonchev–Trinajstić information content (AvgIpc) is 2.41. The zero-order valence-corrected chi connectivity index (χ0v) is 11.3. The molecule has 0 unspecified atom stereocenters. The highest BCUT2D eigenvalue weighted by molar-refractivity contribution is 5.94. The Balaban J connectivity index is 2.11. The van der Waals surface area contributed by atoms with Gasteiger partial charge < -0.3 is 10.2 Å². The molecule has 0 aliphatic carbocycles. The van der Waals surface area contributed by atoms with Crippen LogP contribution in [0.25, 0.3) is 0 Å². The maximum Gasteiger partial charge on any atom is 0.254 e. The van der Waals surface area contributed by atoms with E-state index in [1.54, 1.807) is 0 Å². The number of nitrogens with one attached hydrogen (secondary N) is 1. The fraction of sp³-hybridized carbons (Fsp3) is 0.533. The van der Waals surface area contributed by atoms with Gasteiger partial charge in [0, 0.05) is 18.2 Å². The fourth-order valence-corrected chi connectivity index (χ4v) is 2.55. The lowest BCUT2D eigenvalue weighted by atomic mass is 10.0. The van der Waals surface area contributed by atoms with Gasteiger partial charge >= 0.3 is 0 Å². The van der Waals surface area contributed by atoms with Crippen molar-refractivity contribution in [2.75, 3.05) is 19.6 Å². The van der Waals surface area contributed by atoms with Crippen molar-refractivity contribution in [3.8, 4) is 0 Å². The second-order valence-electron chi connectivity index (χ2n) is 4.94. The summed E-state index contributed by atoms with van der Waals surface area (Å²) in [6, 6.07) is 8.26. The van der Waals surface area contributed by atoms with Gasteiger partial charge in [-0.2, -0.15) is 0 Å². The Morgan fingerprint density at radius 1 is 1.28 bits per heavy atom. The van der Waals surface area contributed by atoms with Crippen LogP contribution in [-0.2, 0) is 0 Å². The van der Waals surface area contributed by atoms with Crippen LogP contribution in [0.5, 0.6) is 0 Å². The molecule has 0 saturated carbocycles. The minimum atomic E-state index is 0.171. The van der Waals surface area contributed by atoms with Crippen LogP contribution in [0.3, 0.4) is 0 Å². The highest BCUT2D eigenvalue weighted by atomic mass is 16.2. The molecule has 0 aromatic heterocycles. The smallest absolute Gasteiger partial charge is 0.254 e. The lowest BCUT2D eigenvalue weighted by Gasteiger charge is -2.34. The molecule has 1 amide bonds. The van der Waals surface area contributed by atoms with Crippen molar-refractivity contribution in [3.63, 3.8) is 0 Å².